The highest BCUT2D eigenvalue weighted by Crippen LogP contribution is 2.23. The number of imide groups is 1. The van der Waals surface area contributed by atoms with Crippen molar-refractivity contribution in [1.82, 2.24) is 10.6 Å². The van der Waals surface area contributed by atoms with E-state index < -0.39 is 18.0 Å². The van der Waals surface area contributed by atoms with Gasteiger partial charge in [-0.3, -0.25) is 10.1 Å². The monoisotopic (exact) mass is 327 g/mol. The van der Waals surface area contributed by atoms with Crippen LogP contribution in [-0.2, 0) is 4.79 Å². The molecule has 0 spiro atoms. The van der Waals surface area contributed by atoms with E-state index in [1.165, 1.54) is 0 Å². The number of carbonyl (C=O) groups is 2. The van der Waals surface area contributed by atoms with E-state index in [1.807, 2.05) is 48.5 Å². The Labute approximate surface area is 141 Å². The summed E-state index contributed by atoms with van der Waals surface area (Å²) in [6.07, 6.45) is 0. The van der Waals surface area contributed by atoms with Gasteiger partial charge in [0.1, 0.15) is 11.8 Å². The van der Waals surface area contributed by atoms with Crippen molar-refractivity contribution in [3.8, 4) is 5.75 Å². The molecule has 3 amide bonds. The smallest absolute Gasteiger partial charge is 0.321 e. The van der Waals surface area contributed by atoms with Crippen molar-refractivity contribution in [2.75, 3.05) is 19.0 Å². The van der Waals surface area contributed by atoms with Crippen LogP contribution in [-0.4, -0.2) is 25.6 Å². The van der Waals surface area contributed by atoms with Crippen molar-refractivity contribution in [3.63, 3.8) is 0 Å². The Balaban J connectivity index is 2.22. The van der Waals surface area contributed by atoms with E-state index in [2.05, 4.69) is 16.0 Å². The number of hydrogen-bond acceptors (Lipinski definition) is 4. The number of nitrogens with one attached hydrogen (secondary N) is 3. The number of ether oxygens (including phenoxy) is 1. The molecule has 0 aliphatic heterocycles. The predicted octanol–water partition coefficient (Wildman–Crippen LogP) is 2.69. The Kier molecular flexibility index (Phi) is 6.19. The maximum absolute atomic E-state index is 12.5. The zero-order chi connectivity index (χ0) is 17.4. The maximum Gasteiger partial charge on any atom is 0.321 e. The third kappa shape index (κ3) is 4.74. The van der Waals surface area contributed by atoms with Crippen molar-refractivity contribution < 1.29 is 14.3 Å². The third-order valence-electron chi connectivity index (χ3n) is 3.35. The van der Waals surface area contributed by atoms with E-state index in [4.69, 9.17) is 4.74 Å². The molecule has 0 aliphatic rings. The molecule has 6 heteroatoms. The van der Waals surface area contributed by atoms with Crippen LogP contribution in [0.2, 0.25) is 0 Å². The molecule has 1 atom stereocenters. The van der Waals surface area contributed by atoms with Crippen molar-refractivity contribution >= 4 is 17.6 Å². The second-order valence-electron chi connectivity index (χ2n) is 5.07. The van der Waals surface area contributed by atoms with Gasteiger partial charge in [0.2, 0.25) is 0 Å². The predicted molar refractivity (Wildman–Crippen MR) is 93.0 cm³/mol. The molecule has 0 aliphatic carbocycles. The Morgan fingerprint density at radius 3 is 2.50 bits per heavy atom. The summed E-state index contributed by atoms with van der Waals surface area (Å²) in [5, 5.41) is 8.04. The lowest BCUT2D eigenvalue weighted by Gasteiger charge is -2.20. The molecule has 0 radical (unpaired) electrons. The Morgan fingerprint density at radius 2 is 1.83 bits per heavy atom. The van der Waals surface area contributed by atoms with E-state index in [0.29, 0.717) is 18.0 Å². The second kappa shape index (κ2) is 8.57. The normalized spacial score (nSPS) is 11.2. The van der Waals surface area contributed by atoms with Gasteiger partial charge in [0.05, 0.1) is 7.11 Å². The van der Waals surface area contributed by atoms with Crippen LogP contribution in [0.15, 0.2) is 54.6 Å². The number of benzene rings is 2. The van der Waals surface area contributed by atoms with Gasteiger partial charge in [0.25, 0.3) is 5.91 Å². The van der Waals surface area contributed by atoms with Crippen LogP contribution < -0.4 is 20.7 Å². The van der Waals surface area contributed by atoms with Crippen LogP contribution in [0.25, 0.3) is 0 Å². The lowest BCUT2D eigenvalue weighted by Crippen LogP contribution is -2.43. The van der Waals surface area contributed by atoms with Crippen LogP contribution in [0.3, 0.4) is 0 Å². The fraction of sp³-hybridized carbons (Fsp3) is 0.222. The number of anilines is 1. The highest BCUT2D eigenvalue weighted by molar-refractivity contribution is 5.98. The van der Waals surface area contributed by atoms with Crippen LogP contribution in [0.5, 0.6) is 5.75 Å². The second-order valence-corrected chi connectivity index (χ2v) is 5.07. The van der Waals surface area contributed by atoms with Crippen molar-refractivity contribution in [2.24, 2.45) is 0 Å². The summed E-state index contributed by atoms with van der Waals surface area (Å²) in [7, 11) is 1.58. The molecule has 126 valence electrons. The van der Waals surface area contributed by atoms with Crippen LogP contribution in [0, 0.1) is 0 Å². The highest BCUT2D eigenvalue weighted by Gasteiger charge is 2.22. The standard InChI is InChI=1S/C18H21N3O3/c1-3-19-18(23)21-17(22)16(13-8-5-4-6-9-13)20-14-10-7-11-15(12-14)24-2/h4-12,16,20H,3H2,1-2H3,(H2,19,21,22,23)/t16-/m1/s1. The lowest BCUT2D eigenvalue weighted by molar-refractivity contribution is -0.120. The molecule has 3 N–H and O–H groups in total. The topological polar surface area (TPSA) is 79.5 Å². The minimum Gasteiger partial charge on any atom is -0.497 e. The first-order valence-corrected chi connectivity index (χ1v) is 7.68. The van der Waals surface area contributed by atoms with E-state index in [0.717, 1.165) is 5.56 Å². The molecular formula is C18H21N3O3. The first kappa shape index (κ1) is 17.3. The fourth-order valence-electron chi connectivity index (χ4n) is 2.21. The SMILES string of the molecule is CCNC(=O)NC(=O)[C@H](Nc1cccc(OC)c1)c1ccccc1. The Bertz CT molecular complexity index is 689. The molecule has 2 aromatic rings. The number of methoxy groups -OCH3 is 1. The fourth-order valence-corrected chi connectivity index (χ4v) is 2.21. The highest BCUT2D eigenvalue weighted by atomic mass is 16.5. The van der Waals surface area contributed by atoms with Gasteiger partial charge in [-0.05, 0) is 24.6 Å². The van der Waals surface area contributed by atoms with Gasteiger partial charge in [-0.2, -0.15) is 0 Å². The molecular weight excluding hydrogens is 306 g/mol. The van der Waals surface area contributed by atoms with Gasteiger partial charge in [-0.25, -0.2) is 4.79 Å². The molecule has 6 nitrogen and oxygen atoms in total. The van der Waals surface area contributed by atoms with Gasteiger partial charge in [0, 0.05) is 18.3 Å². The molecule has 24 heavy (non-hydrogen) atoms. The number of rotatable bonds is 6. The Hall–Kier alpha value is -3.02. The molecule has 2 rings (SSSR count). The van der Waals surface area contributed by atoms with Crippen molar-refractivity contribution in [2.45, 2.75) is 13.0 Å². The Morgan fingerprint density at radius 1 is 1.08 bits per heavy atom. The number of amides is 3. The number of hydrogen-bond donors (Lipinski definition) is 3. The van der Waals surface area contributed by atoms with E-state index in [1.54, 1.807) is 20.1 Å². The lowest BCUT2D eigenvalue weighted by atomic mass is 10.1. The molecule has 0 saturated carbocycles. The minimum atomic E-state index is -0.707. The summed E-state index contributed by atoms with van der Waals surface area (Å²) in [6.45, 7) is 2.23. The molecule has 0 bridgehead atoms. The van der Waals surface area contributed by atoms with Crippen molar-refractivity contribution in [1.29, 1.82) is 0 Å². The number of carbonyl (C=O) groups excluding carboxylic acids is 2. The molecule has 0 heterocycles. The summed E-state index contributed by atoms with van der Waals surface area (Å²) < 4.78 is 5.19. The molecule has 0 saturated heterocycles. The largest absolute Gasteiger partial charge is 0.497 e. The maximum atomic E-state index is 12.5. The van der Waals surface area contributed by atoms with Gasteiger partial charge in [0.15, 0.2) is 0 Å². The summed E-state index contributed by atoms with van der Waals surface area (Å²) >= 11 is 0. The zero-order valence-electron chi connectivity index (χ0n) is 13.7. The molecule has 2 aromatic carbocycles. The van der Waals surface area contributed by atoms with Gasteiger partial charge < -0.3 is 15.4 Å². The van der Waals surface area contributed by atoms with E-state index in [-0.39, 0.29) is 0 Å². The summed E-state index contributed by atoms with van der Waals surface area (Å²) in [6, 6.07) is 15.2. The average molecular weight is 327 g/mol. The number of urea groups is 1. The van der Waals surface area contributed by atoms with Crippen LogP contribution in [0.4, 0.5) is 10.5 Å². The van der Waals surface area contributed by atoms with Crippen LogP contribution >= 0.6 is 0 Å². The summed E-state index contributed by atoms with van der Waals surface area (Å²) in [4.78, 5) is 24.2. The minimum absolute atomic E-state index is 0.435. The van der Waals surface area contributed by atoms with Gasteiger partial charge >= 0.3 is 6.03 Å². The third-order valence-corrected chi connectivity index (χ3v) is 3.35. The summed E-state index contributed by atoms with van der Waals surface area (Å²) in [5.41, 5.74) is 1.47. The summed E-state index contributed by atoms with van der Waals surface area (Å²) in [5.74, 6) is 0.242. The first-order chi connectivity index (χ1) is 11.6. The zero-order valence-corrected chi connectivity index (χ0v) is 13.7. The molecule has 0 fully saturated rings. The van der Waals surface area contributed by atoms with E-state index in [9.17, 15) is 9.59 Å². The van der Waals surface area contributed by atoms with Gasteiger partial charge in [-0.1, -0.05) is 36.4 Å². The molecule has 0 unspecified atom stereocenters. The average Bonchev–Trinajstić information content (AvgIpc) is 2.60. The van der Waals surface area contributed by atoms with E-state index >= 15 is 0 Å². The van der Waals surface area contributed by atoms with Gasteiger partial charge in [-0.15, -0.1) is 0 Å². The molecule has 0 aromatic heterocycles. The quantitative estimate of drug-likeness (QED) is 0.762. The first-order valence-electron chi connectivity index (χ1n) is 7.68. The van der Waals surface area contributed by atoms with Crippen molar-refractivity contribution in [3.05, 3.63) is 60.2 Å². The van der Waals surface area contributed by atoms with Crippen LogP contribution in [0.1, 0.15) is 18.5 Å².